The van der Waals surface area contributed by atoms with Gasteiger partial charge in [0.15, 0.2) is 0 Å². The minimum atomic E-state index is -0.993. The fraction of sp³-hybridized carbons (Fsp3) is 0.434. The van der Waals surface area contributed by atoms with E-state index in [0.717, 1.165) is 74.7 Å². The summed E-state index contributed by atoms with van der Waals surface area (Å²) in [5.74, 6) is -1.24. The molecule has 3 N–H and O–H groups in total. The Labute approximate surface area is 411 Å². The van der Waals surface area contributed by atoms with E-state index in [1.807, 2.05) is 36.5 Å². The van der Waals surface area contributed by atoms with Gasteiger partial charge in [-0.25, -0.2) is 9.97 Å². The highest BCUT2D eigenvalue weighted by Gasteiger charge is 2.45. The van der Waals surface area contributed by atoms with Crippen LogP contribution < -0.4 is 30.9 Å². The third-order valence-electron chi connectivity index (χ3n) is 15.5. The molecule has 0 saturated carbocycles. The summed E-state index contributed by atoms with van der Waals surface area (Å²) < 4.78 is 3.66. The van der Waals surface area contributed by atoms with Gasteiger partial charge in [-0.2, -0.15) is 0 Å². The first-order valence-electron chi connectivity index (χ1n) is 24.8. The number of aryl methyl sites for hydroxylation is 1. The molecule has 3 fully saturated rings. The van der Waals surface area contributed by atoms with E-state index in [1.165, 1.54) is 15.8 Å². The highest BCUT2D eigenvalue weighted by molar-refractivity contribution is 6.23. The second kappa shape index (κ2) is 17.6. The number of benzene rings is 1. The predicted molar refractivity (Wildman–Crippen MR) is 267 cm³/mol. The number of piperazine rings is 1. The maximum atomic E-state index is 14.1. The van der Waals surface area contributed by atoms with Crippen molar-refractivity contribution in [2.45, 2.75) is 97.0 Å². The van der Waals surface area contributed by atoms with Crippen molar-refractivity contribution < 1.29 is 29.1 Å². The number of pyridine rings is 3. The zero-order chi connectivity index (χ0) is 49.6. The first-order chi connectivity index (χ1) is 34.0. The Bertz CT molecular complexity index is 3100. The average molecular weight is 962 g/mol. The number of aliphatic hydroxyl groups excluding tert-OH is 1. The molecule has 0 radical (unpaired) electrons. The molecule has 11 rings (SSSR count). The molecule has 18 heteroatoms. The van der Waals surface area contributed by atoms with Crippen molar-refractivity contribution in [3.8, 4) is 11.1 Å². The van der Waals surface area contributed by atoms with Crippen LogP contribution in [-0.2, 0) is 36.0 Å². The summed E-state index contributed by atoms with van der Waals surface area (Å²) in [5, 5.41) is 16.8. The molecule has 18 nitrogen and oxygen atoms in total. The van der Waals surface area contributed by atoms with Gasteiger partial charge in [0.25, 0.3) is 23.3 Å². The van der Waals surface area contributed by atoms with Crippen molar-refractivity contribution >= 4 is 58.2 Å². The van der Waals surface area contributed by atoms with E-state index in [-0.39, 0.29) is 41.3 Å². The van der Waals surface area contributed by atoms with Gasteiger partial charge in [0, 0.05) is 106 Å². The van der Waals surface area contributed by atoms with Crippen LogP contribution in [0.2, 0.25) is 0 Å². The normalized spacial score (nSPS) is 21.9. The van der Waals surface area contributed by atoms with E-state index in [4.69, 9.17) is 4.98 Å². The van der Waals surface area contributed by atoms with E-state index in [0.29, 0.717) is 64.4 Å². The number of piperidine rings is 2. The number of nitrogens with zero attached hydrogens (tertiary/aromatic N) is 9. The number of anilines is 5. The number of aliphatic hydroxyl groups is 1. The van der Waals surface area contributed by atoms with Crippen LogP contribution in [0, 0.1) is 5.41 Å². The first-order valence-corrected chi connectivity index (χ1v) is 24.8. The van der Waals surface area contributed by atoms with E-state index in [9.17, 15) is 33.9 Å². The third-order valence-corrected chi connectivity index (χ3v) is 15.5. The van der Waals surface area contributed by atoms with Crippen molar-refractivity contribution in [3.63, 3.8) is 0 Å². The van der Waals surface area contributed by atoms with Crippen LogP contribution in [0.3, 0.4) is 0 Å². The SMILES string of the molecule is C[C@@H](O)c1c(-c2cc(Nc3ccc(N4CCN(C5CCN(c6ccc7c(c6)C(=O)N(C6CCC(=O)NC6=O)C7=O)CC5)C[C@@H]4C)cn3)c(=O)n(C)c2)ccnc1N1CCn2c(cc3c2CC(C)(C)C3)C1=O. The lowest BCUT2D eigenvalue weighted by molar-refractivity contribution is -0.136. The van der Waals surface area contributed by atoms with Gasteiger partial charge in [-0.05, 0) is 111 Å². The van der Waals surface area contributed by atoms with Crippen molar-refractivity contribution in [3.05, 3.63) is 111 Å². The summed E-state index contributed by atoms with van der Waals surface area (Å²) in [7, 11) is 1.69. The summed E-state index contributed by atoms with van der Waals surface area (Å²) in [4.78, 5) is 97.9. The lowest BCUT2D eigenvalue weighted by Gasteiger charge is -2.46. The smallest absolute Gasteiger partial charge is 0.276 e. The second-order valence-corrected chi connectivity index (χ2v) is 20.9. The summed E-state index contributed by atoms with van der Waals surface area (Å²) in [5.41, 5.74) is 7.64. The van der Waals surface area contributed by atoms with Gasteiger partial charge in [0.1, 0.15) is 29.1 Å². The lowest BCUT2D eigenvalue weighted by atomic mass is 9.90. The standard InChI is InChI=1S/C53H59N11O7/c1-30-28-60(34-13-16-59(17-14-34)35-6-8-38-39(24-35)50(69)64(49(38)68)41-9-11-45(66)57-48(41)67)18-19-61(30)36-7-10-44(55-27-36)56-40-22-33(29-58(5)51(40)70)37-12-15-54-47(46(37)31(2)65)63-21-20-62-42(52(63)71)23-32-25-53(3,4)26-43(32)62/h6-8,10,12,15,22-24,27,29-31,34,41,65H,9,11,13-14,16-21,25-26,28H2,1-5H3,(H,55,56)(H,57,66,67)/t30-,31+,41?/m0/s1. The number of hydrogen-bond acceptors (Lipinski definition) is 13. The molecule has 1 aromatic carbocycles. The van der Waals surface area contributed by atoms with Crippen molar-refractivity contribution in [1.29, 1.82) is 0 Å². The Morgan fingerprint density at radius 2 is 1.59 bits per heavy atom. The number of carbonyl (C=O) groups excluding carboxylic acids is 5. The van der Waals surface area contributed by atoms with E-state index in [1.54, 1.807) is 49.5 Å². The van der Waals surface area contributed by atoms with Crippen molar-refractivity contribution in [2.75, 3.05) is 59.3 Å². The average Bonchev–Trinajstić information content (AvgIpc) is 3.94. The molecular weight excluding hydrogens is 903 g/mol. The predicted octanol–water partition coefficient (Wildman–Crippen LogP) is 4.81. The summed E-state index contributed by atoms with van der Waals surface area (Å²) in [6.45, 7) is 13.6. The van der Waals surface area contributed by atoms with Crippen LogP contribution in [0.1, 0.15) is 108 Å². The van der Waals surface area contributed by atoms with Gasteiger partial charge >= 0.3 is 0 Å². The van der Waals surface area contributed by atoms with Gasteiger partial charge < -0.3 is 29.4 Å². The van der Waals surface area contributed by atoms with Crippen LogP contribution in [0.4, 0.5) is 28.7 Å². The molecule has 4 aromatic heterocycles. The van der Waals surface area contributed by atoms with E-state index in [2.05, 4.69) is 55.7 Å². The van der Waals surface area contributed by atoms with Crippen molar-refractivity contribution in [1.82, 2.24) is 34.2 Å². The molecular formula is C53H59N11O7. The van der Waals surface area contributed by atoms with Gasteiger partial charge in [0.05, 0.1) is 29.1 Å². The maximum Gasteiger partial charge on any atom is 0.276 e. The summed E-state index contributed by atoms with van der Waals surface area (Å²) in [6.07, 6.45) is 8.21. The molecule has 1 unspecified atom stereocenters. The molecule has 6 aliphatic rings. The van der Waals surface area contributed by atoms with Gasteiger partial charge in [0.2, 0.25) is 11.8 Å². The topological polar surface area (TPSA) is 199 Å². The van der Waals surface area contributed by atoms with Gasteiger partial charge in [-0.3, -0.25) is 48.8 Å². The second-order valence-electron chi connectivity index (χ2n) is 20.9. The number of hydrogen-bond donors (Lipinski definition) is 3. The van der Waals surface area contributed by atoms with Crippen LogP contribution in [0.15, 0.2) is 71.9 Å². The monoisotopic (exact) mass is 961 g/mol. The fourth-order valence-electron chi connectivity index (χ4n) is 12.0. The van der Waals surface area contributed by atoms with Gasteiger partial charge in [-0.1, -0.05) is 13.8 Å². The molecule has 9 heterocycles. The Hall–Kier alpha value is -7.18. The lowest BCUT2D eigenvalue weighted by Crippen LogP contribution is -2.57. The zero-order valence-electron chi connectivity index (χ0n) is 40.8. The minimum absolute atomic E-state index is 0.0777. The molecule has 0 bridgehead atoms. The molecule has 5 aliphatic heterocycles. The number of nitrogens with one attached hydrogen (secondary N) is 2. The number of fused-ring (bicyclic) bond motifs is 4. The number of carbonyl (C=O) groups is 5. The van der Waals surface area contributed by atoms with E-state index >= 15 is 0 Å². The molecule has 1 aliphatic carbocycles. The molecule has 71 heavy (non-hydrogen) atoms. The largest absolute Gasteiger partial charge is 0.389 e. The Morgan fingerprint density at radius 3 is 2.32 bits per heavy atom. The quantitative estimate of drug-likeness (QED) is 0.171. The highest BCUT2D eigenvalue weighted by Crippen LogP contribution is 2.41. The number of amides is 5. The Balaban J connectivity index is 0.726. The Morgan fingerprint density at radius 1 is 0.817 bits per heavy atom. The van der Waals surface area contributed by atoms with Crippen LogP contribution in [0.5, 0.6) is 0 Å². The number of imide groups is 2. The van der Waals surface area contributed by atoms with Crippen LogP contribution in [-0.4, -0.2) is 121 Å². The van der Waals surface area contributed by atoms with E-state index < -0.39 is 35.8 Å². The fourth-order valence-corrected chi connectivity index (χ4v) is 12.0. The van der Waals surface area contributed by atoms with Gasteiger partial charge in [-0.15, -0.1) is 0 Å². The molecule has 5 amide bonds. The van der Waals surface area contributed by atoms with Crippen LogP contribution >= 0.6 is 0 Å². The molecule has 3 atom stereocenters. The summed E-state index contributed by atoms with van der Waals surface area (Å²) >= 11 is 0. The van der Waals surface area contributed by atoms with Crippen LogP contribution in [0.25, 0.3) is 11.1 Å². The number of aromatic nitrogens is 4. The van der Waals surface area contributed by atoms with Crippen molar-refractivity contribution in [2.24, 2.45) is 12.5 Å². The molecule has 5 aromatic rings. The minimum Gasteiger partial charge on any atom is -0.389 e. The zero-order valence-corrected chi connectivity index (χ0v) is 40.8. The highest BCUT2D eigenvalue weighted by atomic mass is 16.3. The Kier molecular flexibility index (Phi) is 11.5. The molecule has 0 spiro atoms. The first kappa shape index (κ1) is 46.2. The molecule has 3 saturated heterocycles. The number of rotatable bonds is 9. The third kappa shape index (κ3) is 8.15. The molecule has 368 valence electrons. The maximum absolute atomic E-state index is 14.1. The summed E-state index contributed by atoms with van der Waals surface area (Å²) in [6, 6.07) is 14.4.